The Morgan fingerprint density at radius 1 is 1.35 bits per heavy atom. The van der Waals surface area contributed by atoms with Crippen molar-refractivity contribution in [2.75, 3.05) is 13.7 Å². The van der Waals surface area contributed by atoms with E-state index in [4.69, 9.17) is 4.74 Å². The van der Waals surface area contributed by atoms with E-state index in [1.807, 2.05) is 0 Å². The summed E-state index contributed by atoms with van der Waals surface area (Å²) in [5.41, 5.74) is -6.93. The van der Waals surface area contributed by atoms with Crippen LogP contribution < -0.4 is 0 Å². The molecule has 0 saturated carbocycles. The summed E-state index contributed by atoms with van der Waals surface area (Å²) in [6, 6.07) is 0. The van der Waals surface area contributed by atoms with Crippen LogP contribution in [0.2, 0.25) is 0 Å². The molecule has 0 aromatic heterocycles. The van der Waals surface area contributed by atoms with Gasteiger partial charge in [-0.15, -0.1) is 0 Å². The highest BCUT2D eigenvalue weighted by Gasteiger charge is 2.50. The zero-order valence-corrected chi connectivity index (χ0v) is 11.7. The molecule has 0 radical (unpaired) electrons. The second kappa shape index (κ2) is 5.24. The zero-order chi connectivity index (χ0) is 15.8. The minimum Gasteiger partial charge on any atom is -0.465 e. The quantitative estimate of drug-likeness (QED) is 0.445. The predicted octanol–water partition coefficient (Wildman–Crippen LogP) is 1.48. The van der Waals surface area contributed by atoms with E-state index in [2.05, 4.69) is 8.92 Å². The molecule has 116 valence electrons. The van der Waals surface area contributed by atoms with Crippen LogP contribution in [0.1, 0.15) is 20.3 Å². The molecule has 0 atom stereocenters. The third kappa shape index (κ3) is 3.63. The van der Waals surface area contributed by atoms with Crippen LogP contribution in [0.4, 0.5) is 13.2 Å². The van der Waals surface area contributed by atoms with Crippen LogP contribution >= 0.6 is 0 Å². The van der Waals surface area contributed by atoms with Gasteiger partial charge in [0.2, 0.25) is 0 Å². The minimum absolute atomic E-state index is 0.313. The zero-order valence-electron chi connectivity index (χ0n) is 10.9. The Labute approximate surface area is 113 Å². The Balaban J connectivity index is 3.20. The van der Waals surface area contributed by atoms with Gasteiger partial charge in [0.25, 0.3) is 0 Å². The highest BCUT2D eigenvalue weighted by Crippen LogP contribution is 2.34. The number of hydrogen-bond donors (Lipinski definition) is 0. The molecular weight excluding hydrogens is 305 g/mol. The summed E-state index contributed by atoms with van der Waals surface area (Å²) < 4.78 is 72.6. The molecule has 0 bridgehead atoms. The lowest BCUT2D eigenvalue weighted by atomic mass is 9.98. The van der Waals surface area contributed by atoms with Gasteiger partial charge in [-0.1, -0.05) is 0 Å². The Bertz CT molecular complexity index is 532. The number of carbonyl (C=O) groups excluding carboxylic acids is 1. The van der Waals surface area contributed by atoms with Crippen LogP contribution in [-0.2, 0) is 28.6 Å². The number of halogens is 3. The lowest BCUT2D eigenvalue weighted by molar-refractivity contribution is -0.138. The first-order chi connectivity index (χ1) is 8.89. The fourth-order valence-corrected chi connectivity index (χ4v) is 1.97. The molecular formula is C10H13F3O6S. The van der Waals surface area contributed by atoms with Crippen LogP contribution in [0, 0.1) is 0 Å². The van der Waals surface area contributed by atoms with Crippen molar-refractivity contribution in [1.29, 1.82) is 0 Å². The van der Waals surface area contributed by atoms with E-state index in [0.717, 1.165) is 7.11 Å². The SMILES string of the molecule is COC(=O)C1=C(OS(=O)(=O)C(F)(F)F)CC(C)(C)OC1. The average molecular weight is 318 g/mol. The van der Waals surface area contributed by atoms with Gasteiger partial charge in [-0.25, -0.2) is 4.79 Å². The smallest absolute Gasteiger partial charge is 0.465 e. The summed E-state index contributed by atoms with van der Waals surface area (Å²) in [6.07, 6.45) is -0.313. The van der Waals surface area contributed by atoms with Gasteiger partial charge >= 0.3 is 21.6 Å². The number of hydrogen-bond acceptors (Lipinski definition) is 6. The van der Waals surface area contributed by atoms with E-state index in [1.165, 1.54) is 13.8 Å². The van der Waals surface area contributed by atoms with Crippen LogP contribution in [0.15, 0.2) is 11.3 Å². The van der Waals surface area contributed by atoms with Crippen LogP contribution in [0.5, 0.6) is 0 Å². The summed E-state index contributed by atoms with van der Waals surface area (Å²) in [5.74, 6) is -1.63. The van der Waals surface area contributed by atoms with Gasteiger partial charge in [-0.3, -0.25) is 0 Å². The molecule has 0 unspecified atom stereocenters. The summed E-state index contributed by atoms with van der Waals surface area (Å²) in [5, 5.41) is 0. The Morgan fingerprint density at radius 2 is 1.90 bits per heavy atom. The van der Waals surface area contributed by atoms with Crippen molar-refractivity contribution < 1.29 is 40.0 Å². The van der Waals surface area contributed by atoms with Gasteiger partial charge in [0.15, 0.2) is 0 Å². The lowest BCUT2D eigenvalue weighted by Gasteiger charge is -2.31. The normalized spacial score (nSPS) is 19.7. The van der Waals surface area contributed by atoms with E-state index in [-0.39, 0.29) is 12.0 Å². The first-order valence-corrected chi connectivity index (χ1v) is 6.75. The molecule has 1 rings (SSSR count). The molecule has 0 spiro atoms. The van der Waals surface area contributed by atoms with Crippen molar-refractivity contribution in [1.82, 2.24) is 0 Å². The van der Waals surface area contributed by atoms with Gasteiger partial charge < -0.3 is 13.7 Å². The third-order valence-corrected chi connectivity index (χ3v) is 3.44. The number of ether oxygens (including phenoxy) is 2. The Hall–Kier alpha value is -1.29. The second-order valence-electron chi connectivity index (χ2n) is 4.60. The number of esters is 1. The van der Waals surface area contributed by atoms with Crippen molar-refractivity contribution in [3.05, 3.63) is 11.3 Å². The van der Waals surface area contributed by atoms with E-state index in [0.29, 0.717) is 0 Å². The summed E-state index contributed by atoms with van der Waals surface area (Å²) in [4.78, 5) is 11.4. The molecule has 1 aliphatic rings. The summed E-state index contributed by atoms with van der Waals surface area (Å²) in [7, 11) is -4.84. The number of carbonyl (C=O) groups is 1. The number of methoxy groups -OCH3 is 1. The van der Waals surface area contributed by atoms with Crippen LogP contribution in [0.3, 0.4) is 0 Å². The Kier molecular flexibility index (Phi) is 4.39. The maximum Gasteiger partial charge on any atom is 0.534 e. The molecule has 0 aromatic carbocycles. The Morgan fingerprint density at radius 3 is 2.35 bits per heavy atom. The molecule has 1 heterocycles. The first-order valence-electron chi connectivity index (χ1n) is 5.35. The molecule has 20 heavy (non-hydrogen) atoms. The lowest BCUT2D eigenvalue weighted by Crippen LogP contribution is -2.36. The number of alkyl halides is 3. The van der Waals surface area contributed by atoms with Crippen LogP contribution in [-0.4, -0.2) is 39.2 Å². The highest BCUT2D eigenvalue weighted by atomic mass is 32.2. The standard InChI is InChI=1S/C10H13F3O6S/c1-9(2)4-7(6(5-18-9)8(14)17-3)19-20(15,16)10(11,12)13/h4-5H2,1-3H3. The average Bonchev–Trinajstić information content (AvgIpc) is 2.25. The van der Waals surface area contributed by atoms with Crippen molar-refractivity contribution in [2.45, 2.75) is 31.4 Å². The second-order valence-corrected chi connectivity index (χ2v) is 6.14. The van der Waals surface area contributed by atoms with E-state index < -0.39 is 39.6 Å². The van der Waals surface area contributed by atoms with Gasteiger partial charge in [-0.2, -0.15) is 21.6 Å². The minimum atomic E-state index is -5.84. The summed E-state index contributed by atoms with van der Waals surface area (Å²) in [6.45, 7) is 2.64. The van der Waals surface area contributed by atoms with Crippen molar-refractivity contribution >= 4 is 16.1 Å². The van der Waals surface area contributed by atoms with Gasteiger partial charge in [0.1, 0.15) is 11.3 Å². The van der Waals surface area contributed by atoms with Crippen molar-refractivity contribution in [2.24, 2.45) is 0 Å². The molecule has 6 nitrogen and oxygen atoms in total. The van der Waals surface area contributed by atoms with Crippen molar-refractivity contribution in [3.8, 4) is 0 Å². The first kappa shape index (κ1) is 16.8. The largest absolute Gasteiger partial charge is 0.534 e. The van der Waals surface area contributed by atoms with E-state index >= 15 is 0 Å². The molecule has 0 N–H and O–H groups in total. The van der Waals surface area contributed by atoms with Crippen molar-refractivity contribution in [3.63, 3.8) is 0 Å². The maximum absolute atomic E-state index is 12.3. The molecule has 1 aliphatic heterocycles. The summed E-state index contributed by atoms with van der Waals surface area (Å²) >= 11 is 0. The van der Waals surface area contributed by atoms with E-state index in [9.17, 15) is 26.4 Å². The fourth-order valence-electron chi connectivity index (χ4n) is 1.45. The highest BCUT2D eigenvalue weighted by molar-refractivity contribution is 7.87. The molecule has 0 fully saturated rings. The molecule has 10 heteroatoms. The third-order valence-electron chi connectivity index (χ3n) is 2.46. The fraction of sp³-hybridized carbons (Fsp3) is 0.700. The molecule has 0 aromatic rings. The monoisotopic (exact) mass is 318 g/mol. The van der Waals surface area contributed by atoms with Gasteiger partial charge in [0.05, 0.1) is 19.3 Å². The molecule has 0 saturated heterocycles. The number of rotatable bonds is 3. The topological polar surface area (TPSA) is 78.9 Å². The maximum atomic E-state index is 12.3. The molecule has 0 aliphatic carbocycles. The van der Waals surface area contributed by atoms with Gasteiger partial charge in [0, 0.05) is 6.42 Å². The van der Waals surface area contributed by atoms with Gasteiger partial charge in [-0.05, 0) is 13.8 Å². The molecule has 0 amide bonds. The van der Waals surface area contributed by atoms with Crippen LogP contribution in [0.25, 0.3) is 0 Å². The van der Waals surface area contributed by atoms with E-state index in [1.54, 1.807) is 0 Å². The predicted molar refractivity (Wildman–Crippen MR) is 59.7 cm³/mol.